The van der Waals surface area contributed by atoms with Gasteiger partial charge < -0.3 is 0 Å². The van der Waals surface area contributed by atoms with E-state index < -0.39 is 27.7 Å². The minimum atomic E-state index is -4.00. The predicted octanol–water partition coefficient (Wildman–Crippen LogP) is 3.22. The minimum Gasteiger partial charge on any atom is -0.207 e. The number of benzene rings is 2. The van der Waals surface area contributed by atoms with Crippen LogP contribution in [0.5, 0.6) is 0 Å². The molecule has 0 amide bonds. The zero-order chi connectivity index (χ0) is 15.5. The van der Waals surface area contributed by atoms with Crippen LogP contribution in [0, 0.1) is 11.6 Å². The lowest BCUT2D eigenvalue weighted by Gasteiger charge is -2.16. The minimum absolute atomic E-state index is 0.00687. The Morgan fingerprint density at radius 2 is 1.71 bits per heavy atom. The molecule has 3 nitrogen and oxygen atoms in total. The fourth-order valence-electron chi connectivity index (χ4n) is 1.77. The SMILES string of the molecule is O=S(=O)(NC(CCl)c1ccccc1)c1ccc(F)c(F)c1. The van der Waals surface area contributed by atoms with Gasteiger partial charge in [0.05, 0.1) is 10.9 Å². The Morgan fingerprint density at radius 1 is 1.05 bits per heavy atom. The highest BCUT2D eigenvalue weighted by Crippen LogP contribution is 2.19. The van der Waals surface area contributed by atoms with Gasteiger partial charge in [0, 0.05) is 5.88 Å². The number of sulfonamides is 1. The number of hydrogen-bond acceptors (Lipinski definition) is 2. The van der Waals surface area contributed by atoms with E-state index in [0.717, 1.165) is 12.1 Å². The highest BCUT2D eigenvalue weighted by Gasteiger charge is 2.22. The summed E-state index contributed by atoms with van der Waals surface area (Å²) in [5.74, 6) is -2.32. The van der Waals surface area contributed by atoms with Crippen LogP contribution >= 0.6 is 11.6 Å². The van der Waals surface area contributed by atoms with E-state index >= 15 is 0 Å². The van der Waals surface area contributed by atoms with E-state index in [1.807, 2.05) is 0 Å². The monoisotopic (exact) mass is 331 g/mol. The zero-order valence-corrected chi connectivity index (χ0v) is 12.3. The summed E-state index contributed by atoms with van der Waals surface area (Å²) in [6.07, 6.45) is 0. The van der Waals surface area contributed by atoms with E-state index in [4.69, 9.17) is 11.6 Å². The molecule has 0 saturated heterocycles. The summed E-state index contributed by atoms with van der Waals surface area (Å²) in [7, 11) is -4.00. The van der Waals surface area contributed by atoms with Crippen LogP contribution in [0.1, 0.15) is 11.6 Å². The van der Waals surface area contributed by atoms with Gasteiger partial charge in [-0.1, -0.05) is 30.3 Å². The van der Waals surface area contributed by atoms with Crippen LogP contribution in [-0.2, 0) is 10.0 Å². The highest BCUT2D eigenvalue weighted by molar-refractivity contribution is 7.89. The average Bonchev–Trinajstić information content (AvgIpc) is 2.48. The van der Waals surface area contributed by atoms with Crippen LogP contribution in [0.25, 0.3) is 0 Å². The van der Waals surface area contributed by atoms with Crippen molar-refractivity contribution in [2.45, 2.75) is 10.9 Å². The summed E-state index contributed by atoms with van der Waals surface area (Å²) in [5, 5.41) is 0. The van der Waals surface area contributed by atoms with E-state index in [9.17, 15) is 17.2 Å². The molecule has 0 saturated carbocycles. The first kappa shape index (κ1) is 15.9. The first-order valence-corrected chi connectivity index (χ1v) is 8.04. The number of alkyl halides is 1. The summed E-state index contributed by atoms with van der Waals surface area (Å²) < 4.78 is 52.8. The molecule has 112 valence electrons. The molecule has 0 aliphatic heterocycles. The van der Waals surface area contributed by atoms with Gasteiger partial charge in [0.2, 0.25) is 10.0 Å². The number of halogens is 3. The Morgan fingerprint density at radius 3 is 2.29 bits per heavy atom. The maximum absolute atomic E-state index is 13.2. The fraction of sp³-hybridized carbons (Fsp3) is 0.143. The second-order valence-electron chi connectivity index (χ2n) is 4.31. The topological polar surface area (TPSA) is 46.2 Å². The maximum Gasteiger partial charge on any atom is 0.241 e. The quantitative estimate of drug-likeness (QED) is 0.855. The van der Waals surface area contributed by atoms with Crippen molar-refractivity contribution in [2.24, 2.45) is 0 Å². The molecular formula is C14H12ClF2NO2S. The lowest BCUT2D eigenvalue weighted by Crippen LogP contribution is -2.29. The van der Waals surface area contributed by atoms with Gasteiger partial charge in [0.1, 0.15) is 0 Å². The molecule has 1 N–H and O–H groups in total. The summed E-state index contributed by atoms with van der Waals surface area (Å²) >= 11 is 5.79. The van der Waals surface area contributed by atoms with Crippen molar-refractivity contribution in [3.8, 4) is 0 Å². The normalized spacial score (nSPS) is 13.1. The lowest BCUT2D eigenvalue weighted by atomic mass is 10.1. The second-order valence-corrected chi connectivity index (χ2v) is 6.34. The molecule has 2 rings (SSSR count). The Balaban J connectivity index is 2.29. The Hall–Kier alpha value is -1.50. The third-order valence-corrected chi connectivity index (χ3v) is 4.63. The van der Waals surface area contributed by atoms with Gasteiger partial charge in [-0.15, -0.1) is 11.6 Å². The van der Waals surface area contributed by atoms with E-state index in [2.05, 4.69) is 4.72 Å². The van der Waals surface area contributed by atoms with Gasteiger partial charge in [-0.05, 0) is 23.8 Å². The molecule has 0 heterocycles. The fourth-order valence-corrected chi connectivity index (χ4v) is 3.36. The van der Waals surface area contributed by atoms with E-state index in [1.165, 1.54) is 0 Å². The number of nitrogens with one attached hydrogen (secondary N) is 1. The second kappa shape index (κ2) is 6.51. The standard InChI is InChI=1S/C14H12ClF2NO2S/c15-9-14(10-4-2-1-3-5-10)18-21(19,20)11-6-7-12(16)13(17)8-11/h1-8,14,18H,9H2. The molecule has 0 aliphatic carbocycles. The molecule has 2 aromatic carbocycles. The maximum atomic E-state index is 13.2. The summed E-state index contributed by atoms with van der Waals surface area (Å²) in [5.41, 5.74) is 0.679. The van der Waals surface area contributed by atoms with E-state index in [0.29, 0.717) is 11.6 Å². The van der Waals surface area contributed by atoms with Crippen LogP contribution in [0.2, 0.25) is 0 Å². The number of hydrogen-bond donors (Lipinski definition) is 1. The van der Waals surface area contributed by atoms with Gasteiger partial charge in [-0.25, -0.2) is 21.9 Å². The largest absolute Gasteiger partial charge is 0.241 e. The van der Waals surface area contributed by atoms with Crippen LogP contribution < -0.4 is 4.72 Å². The first-order valence-electron chi connectivity index (χ1n) is 6.02. The molecule has 7 heteroatoms. The lowest BCUT2D eigenvalue weighted by molar-refractivity contribution is 0.503. The van der Waals surface area contributed by atoms with Crippen molar-refractivity contribution in [3.63, 3.8) is 0 Å². The van der Waals surface area contributed by atoms with Crippen molar-refractivity contribution in [2.75, 3.05) is 5.88 Å². The van der Waals surface area contributed by atoms with Crippen molar-refractivity contribution in [3.05, 3.63) is 65.7 Å². The van der Waals surface area contributed by atoms with Gasteiger partial charge >= 0.3 is 0 Å². The van der Waals surface area contributed by atoms with Gasteiger partial charge in [-0.2, -0.15) is 0 Å². The molecule has 0 bridgehead atoms. The smallest absolute Gasteiger partial charge is 0.207 e. The highest BCUT2D eigenvalue weighted by atomic mass is 35.5. The molecule has 0 aromatic heterocycles. The Kier molecular flexibility index (Phi) is 4.92. The molecule has 1 atom stereocenters. The van der Waals surface area contributed by atoms with Crippen LogP contribution in [0.4, 0.5) is 8.78 Å². The van der Waals surface area contributed by atoms with Crippen LogP contribution in [0.3, 0.4) is 0 Å². The first-order chi connectivity index (χ1) is 9.94. The van der Waals surface area contributed by atoms with Gasteiger partial charge in [-0.3, -0.25) is 0 Å². The molecule has 2 aromatic rings. The van der Waals surface area contributed by atoms with Crippen molar-refractivity contribution in [1.82, 2.24) is 4.72 Å². The summed E-state index contributed by atoms with van der Waals surface area (Å²) in [6, 6.07) is 10.5. The zero-order valence-electron chi connectivity index (χ0n) is 10.8. The molecule has 0 radical (unpaired) electrons. The average molecular weight is 332 g/mol. The molecule has 0 fully saturated rings. The van der Waals surface area contributed by atoms with Gasteiger partial charge in [0.15, 0.2) is 11.6 Å². The van der Waals surface area contributed by atoms with E-state index in [-0.39, 0.29) is 10.8 Å². The van der Waals surface area contributed by atoms with Crippen molar-refractivity contribution < 1.29 is 17.2 Å². The van der Waals surface area contributed by atoms with Crippen LogP contribution in [0.15, 0.2) is 53.4 Å². The predicted molar refractivity (Wildman–Crippen MR) is 76.6 cm³/mol. The van der Waals surface area contributed by atoms with Gasteiger partial charge in [0.25, 0.3) is 0 Å². The van der Waals surface area contributed by atoms with Crippen molar-refractivity contribution in [1.29, 1.82) is 0 Å². The molecule has 0 aliphatic rings. The third kappa shape index (κ3) is 3.78. The molecule has 1 unspecified atom stereocenters. The molecule has 21 heavy (non-hydrogen) atoms. The van der Waals surface area contributed by atoms with Crippen molar-refractivity contribution >= 4 is 21.6 Å². The Labute approximate surface area is 126 Å². The third-order valence-electron chi connectivity index (χ3n) is 2.86. The summed E-state index contributed by atoms with van der Waals surface area (Å²) in [6.45, 7) is 0. The molecular weight excluding hydrogens is 320 g/mol. The molecule has 0 spiro atoms. The summed E-state index contributed by atoms with van der Waals surface area (Å²) in [4.78, 5) is -0.354. The number of rotatable bonds is 5. The van der Waals surface area contributed by atoms with Crippen LogP contribution in [-0.4, -0.2) is 14.3 Å². The Bertz CT molecular complexity index is 723. The van der Waals surface area contributed by atoms with E-state index in [1.54, 1.807) is 30.3 Å².